The minimum absolute atomic E-state index is 0.0729. The van der Waals surface area contributed by atoms with Crippen molar-refractivity contribution in [1.29, 1.82) is 0 Å². The number of hydrogen-bond donors (Lipinski definition) is 1. The zero-order valence-corrected chi connectivity index (χ0v) is 13.2. The van der Waals surface area contributed by atoms with Crippen molar-refractivity contribution >= 4 is 27.3 Å². The first-order chi connectivity index (χ1) is 9.54. The van der Waals surface area contributed by atoms with E-state index in [2.05, 4.69) is 5.32 Å². The molecule has 0 aliphatic carbocycles. The molecule has 1 N–H and O–H groups in total. The van der Waals surface area contributed by atoms with Gasteiger partial charge in [-0.1, -0.05) is 6.42 Å². The Bertz CT molecular complexity index is 560. The number of carbonyl (C=O) groups is 1. The number of piperidine rings is 1. The highest BCUT2D eigenvalue weighted by Crippen LogP contribution is 2.27. The molecule has 1 aromatic rings. The van der Waals surface area contributed by atoms with Crippen molar-refractivity contribution in [3.8, 4) is 0 Å². The monoisotopic (exact) mass is 316 g/mol. The maximum absolute atomic E-state index is 12.4. The summed E-state index contributed by atoms with van der Waals surface area (Å²) in [4.78, 5) is 12.3. The van der Waals surface area contributed by atoms with Gasteiger partial charge in [0, 0.05) is 24.5 Å². The molecule has 2 rings (SSSR count). The molecular weight excluding hydrogens is 296 g/mol. The molecular formula is C13H20N2O3S2. The van der Waals surface area contributed by atoms with Crippen LogP contribution in [0.4, 0.5) is 0 Å². The summed E-state index contributed by atoms with van der Waals surface area (Å²) in [6, 6.07) is 3.35. The van der Waals surface area contributed by atoms with Crippen molar-refractivity contribution in [2.45, 2.75) is 36.8 Å². The van der Waals surface area contributed by atoms with Crippen molar-refractivity contribution in [1.82, 2.24) is 9.62 Å². The predicted molar refractivity (Wildman–Crippen MR) is 79.3 cm³/mol. The Morgan fingerprint density at radius 1 is 1.30 bits per heavy atom. The topological polar surface area (TPSA) is 66.5 Å². The van der Waals surface area contributed by atoms with Crippen LogP contribution in [0, 0.1) is 0 Å². The first-order valence-electron chi connectivity index (χ1n) is 6.89. The predicted octanol–water partition coefficient (Wildman–Crippen LogP) is 1.60. The molecule has 0 radical (unpaired) electrons. The van der Waals surface area contributed by atoms with Gasteiger partial charge in [0.1, 0.15) is 4.21 Å². The van der Waals surface area contributed by atoms with E-state index in [1.165, 1.54) is 11.3 Å². The minimum atomic E-state index is -3.37. The average Bonchev–Trinajstić information content (AvgIpc) is 2.89. The van der Waals surface area contributed by atoms with E-state index >= 15 is 0 Å². The van der Waals surface area contributed by atoms with Crippen LogP contribution in [-0.4, -0.2) is 38.3 Å². The standard InChI is InChI=1S/C13H20N2O3S2/c1-2-14-12(16)10-11-6-7-13(19-11)20(17,18)15-8-4-3-5-9-15/h6-7H,2-5,8-10H2,1H3,(H,14,16). The summed E-state index contributed by atoms with van der Waals surface area (Å²) in [5.74, 6) is -0.0729. The van der Waals surface area contributed by atoms with Gasteiger partial charge in [-0.25, -0.2) is 8.42 Å². The van der Waals surface area contributed by atoms with Gasteiger partial charge in [-0.05, 0) is 31.9 Å². The van der Waals surface area contributed by atoms with E-state index in [0.717, 1.165) is 24.1 Å². The van der Waals surface area contributed by atoms with Crippen LogP contribution in [0.5, 0.6) is 0 Å². The summed E-state index contributed by atoms with van der Waals surface area (Å²) in [6.07, 6.45) is 3.19. The van der Waals surface area contributed by atoms with E-state index < -0.39 is 10.0 Å². The summed E-state index contributed by atoms with van der Waals surface area (Å²) < 4.78 is 26.8. The van der Waals surface area contributed by atoms with Gasteiger partial charge >= 0.3 is 0 Å². The molecule has 1 saturated heterocycles. The number of thiophene rings is 1. The molecule has 5 nitrogen and oxygen atoms in total. The second-order valence-corrected chi connectivity index (χ2v) is 8.15. The van der Waals surface area contributed by atoms with E-state index in [0.29, 0.717) is 23.8 Å². The van der Waals surface area contributed by atoms with E-state index in [1.54, 1.807) is 16.4 Å². The van der Waals surface area contributed by atoms with Gasteiger partial charge in [0.2, 0.25) is 5.91 Å². The summed E-state index contributed by atoms with van der Waals surface area (Å²) in [7, 11) is -3.37. The minimum Gasteiger partial charge on any atom is -0.356 e. The zero-order valence-electron chi connectivity index (χ0n) is 11.6. The molecule has 0 spiro atoms. The summed E-state index contributed by atoms with van der Waals surface area (Å²) >= 11 is 1.20. The third kappa shape index (κ3) is 3.59. The molecule has 1 aromatic heterocycles. The van der Waals surface area contributed by atoms with Crippen LogP contribution in [0.15, 0.2) is 16.3 Å². The third-order valence-corrected chi connectivity index (χ3v) is 6.71. The molecule has 7 heteroatoms. The van der Waals surface area contributed by atoms with E-state index in [1.807, 2.05) is 6.92 Å². The largest absolute Gasteiger partial charge is 0.356 e. The second kappa shape index (κ2) is 6.69. The van der Waals surface area contributed by atoms with E-state index in [4.69, 9.17) is 0 Å². The van der Waals surface area contributed by atoms with Gasteiger partial charge in [-0.2, -0.15) is 4.31 Å². The normalized spacial score (nSPS) is 17.1. The Morgan fingerprint density at radius 3 is 2.65 bits per heavy atom. The van der Waals surface area contributed by atoms with E-state index in [-0.39, 0.29) is 12.3 Å². The Balaban J connectivity index is 2.09. The molecule has 112 valence electrons. The van der Waals surface area contributed by atoms with Crippen molar-refractivity contribution in [3.05, 3.63) is 17.0 Å². The van der Waals surface area contributed by atoms with Crippen molar-refractivity contribution in [2.24, 2.45) is 0 Å². The lowest BCUT2D eigenvalue weighted by atomic mass is 10.2. The molecule has 0 aromatic carbocycles. The quantitative estimate of drug-likeness (QED) is 0.897. The van der Waals surface area contributed by atoms with Crippen LogP contribution in [-0.2, 0) is 21.2 Å². The number of likely N-dealkylation sites (N-methyl/N-ethyl adjacent to an activating group) is 1. The van der Waals surface area contributed by atoms with Gasteiger partial charge in [0.05, 0.1) is 6.42 Å². The number of carbonyl (C=O) groups excluding carboxylic acids is 1. The Labute approximate surface area is 124 Å². The molecule has 0 unspecified atom stereocenters. The Hall–Kier alpha value is -0.920. The number of nitrogens with one attached hydrogen (secondary N) is 1. The summed E-state index contributed by atoms with van der Waals surface area (Å²) in [6.45, 7) is 3.65. The Kier molecular flexibility index (Phi) is 5.17. The smallest absolute Gasteiger partial charge is 0.252 e. The molecule has 2 heterocycles. The van der Waals surface area contributed by atoms with Gasteiger partial charge < -0.3 is 5.32 Å². The first kappa shape index (κ1) is 15.5. The molecule has 1 fully saturated rings. The highest BCUT2D eigenvalue weighted by molar-refractivity contribution is 7.91. The van der Waals surface area contributed by atoms with Crippen molar-refractivity contribution in [2.75, 3.05) is 19.6 Å². The molecule has 20 heavy (non-hydrogen) atoms. The number of sulfonamides is 1. The van der Waals surface area contributed by atoms with Crippen LogP contribution < -0.4 is 5.32 Å². The second-order valence-electron chi connectivity index (χ2n) is 4.82. The lowest BCUT2D eigenvalue weighted by Crippen LogP contribution is -2.35. The molecule has 1 aliphatic heterocycles. The number of amides is 1. The zero-order chi connectivity index (χ0) is 14.6. The van der Waals surface area contributed by atoms with Crippen LogP contribution >= 0.6 is 11.3 Å². The highest BCUT2D eigenvalue weighted by Gasteiger charge is 2.27. The first-order valence-corrected chi connectivity index (χ1v) is 9.15. The van der Waals surface area contributed by atoms with Crippen LogP contribution in [0.2, 0.25) is 0 Å². The van der Waals surface area contributed by atoms with Gasteiger partial charge in [0.25, 0.3) is 10.0 Å². The van der Waals surface area contributed by atoms with Crippen LogP contribution in [0.1, 0.15) is 31.1 Å². The summed E-state index contributed by atoms with van der Waals surface area (Å²) in [5.41, 5.74) is 0. The molecule has 1 aliphatic rings. The maximum atomic E-state index is 12.4. The van der Waals surface area contributed by atoms with Crippen molar-refractivity contribution < 1.29 is 13.2 Å². The fraction of sp³-hybridized carbons (Fsp3) is 0.615. The van der Waals surface area contributed by atoms with E-state index in [9.17, 15) is 13.2 Å². The van der Waals surface area contributed by atoms with Crippen LogP contribution in [0.25, 0.3) is 0 Å². The molecule has 1 amide bonds. The fourth-order valence-corrected chi connectivity index (χ4v) is 5.27. The van der Waals surface area contributed by atoms with Crippen LogP contribution in [0.3, 0.4) is 0 Å². The SMILES string of the molecule is CCNC(=O)Cc1ccc(S(=O)(=O)N2CCCCC2)s1. The molecule has 0 atom stereocenters. The van der Waals surface area contributed by atoms with Gasteiger partial charge in [0.15, 0.2) is 0 Å². The van der Waals surface area contributed by atoms with Gasteiger partial charge in [-0.3, -0.25) is 4.79 Å². The van der Waals surface area contributed by atoms with Gasteiger partial charge in [-0.15, -0.1) is 11.3 Å². The lowest BCUT2D eigenvalue weighted by Gasteiger charge is -2.25. The number of hydrogen-bond acceptors (Lipinski definition) is 4. The number of nitrogens with zero attached hydrogens (tertiary/aromatic N) is 1. The molecule has 0 saturated carbocycles. The molecule has 0 bridgehead atoms. The maximum Gasteiger partial charge on any atom is 0.252 e. The van der Waals surface area contributed by atoms with Crippen molar-refractivity contribution in [3.63, 3.8) is 0 Å². The third-order valence-electron chi connectivity index (χ3n) is 3.25. The summed E-state index contributed by atoms with van der Waals surface area (Å²) in [5, 5.41) is 2.71. The number of rotatable bonds is 5. The Morgan fingerprint density at radius 2 is 2.00 bits per heavy atom. The fourth-order valence-electron chi connectivity index (χ4n) is 2.24. The average molecular weight is 316 g/mol. The lowest BCUT2D eigenvalue weighted by molar-refractivity contribution is -0.120. The highest BCUT2D eigenvalue weighted by atomic mass is 32.2.